The van der Waals surface area contributed by atoms with Crippen molar-refractivity contribution in [2.75, 3.05) is 23.3 Å². The number of aryl methyl sites for hydroxylation is 3. The van der Waals surface area contributed by atoms with Crippen molar-refractivity contribution < 1.29 is 9.59 Å². The molecule has 4 aromatic rings. The van der Waals surface area contributed by atoms with Gasteiger partial charge in [0, 0.05) is 18.4 Å². The maximum Gasteiger partial charge on any atom is 0.322 e. The highest BCUT2D eigenvalue weighted by molar-refractivity contribution is 6.01. The highest BCUT2D eigenvalue weighted by Gasteiger charge is 2.37. The molecule has 200 valence electrons. The lowest BCUT2D eigenvalue weighted by atomic mass is 9.96. The number of aromatic nitrogens is 1. The van der Waals surface area contributed by atoms with E-state index in [4.69, 9.17) is 0 Å². The van der Waals surface area contributed by atoms with Gasteiger partial charge in [-0.3, -0.25) is 9.69 Å². The molecule has 0 spiro atoms. The molecule has 1 atom stereocenters. The number of benzene rings is 3. The van der Waals surface area contributed by atoms with Crippen molar-refractivity contribution in [3.8, 4) is 5.69 Å². The van der Waals surface area contributed by atoms with Gasteiger partial charge in [-0.1, -0.05) is 73.0 Å². The minimum Gasteiger partial charge on any atom is -0.316 e. The predicted molar refractivity (Wildman–Crippen MR) is 158 cm³/mol. The second-order valence-electron chi connectivity index (χ2n) is 10.4. The predicted octanol–water partition coefficient (Wildman–Crippen LogP) is 7.17. The average molecular weight is 521 g/mol. The summed E-state index contributed by atoms with van der Waals surface area (Å²) in [4.78, 5) is 31.3. The fourth-order valence-electron chi connectivity index (χ4n) is 5.41. The zero-order valence-corrected chi connectivity index (χ0v) is 23.1. The first-order chi connectivity index (χ1) is 18.9. The van der Waals surface area contributed by atoms with Gasteiger partial charge >= 0.3 is 6.03 Å². The quantitative estimate of drug-likeness (QED) is 0.281. The van der Waals surface area contributed by atoms with E-state index < -0.39 is 0 Å². The number of amides is 3. The molecule has 1 aliphatic rings. The molecule has 0 radical (unpaired) electrons. The van der Waals surface area contributed by atoms with E-state index in [2.05, 4.69) is 48.0 Å². The van der Waals surface area contributed by atoms with Gasteiger partial charge in [0.15, 0.2) is 0 Å². The van der Waals surface area contributed by atoms with Crippen LogP contribution in [0.5, 0.6) is 0 Å². The van der Waals surface area contributed by atoms with Gasteiger partial charge in [-0.05, 0) is 68.7 Å². The number of unbranched alkanes of at least 4 members (excludes halogenated alkanes) is 1. The number of rotatable bonds is 7. The first-order valence-corrected chi connectivity index (χ1v) is 13.7. The topological polar surface area (TPSA) is 57.6 Å². The average Bonchev–Trinajstić information content (AvgIpc) is 3.41. The summed E-state index contributed by atoms with van der Waals surface area (Å²) in [5.74, 6) is -0.117. The van der Waals surface area contributed by atoms with Crippen LogP contribution in [-0.4, -0.2) is 34.5 Å². The molecule has 2 heterocycles. The molecule has 0 fully saturated rings. The SMILES string of the molecule is CCCCN(CC(=O)N1c2ccccc2-n2cccc2C1c1cccc(C)c1)C(=O)Nc1ccc(C)cc1C. The van der Waals surface area contributed by atoms with Gasteiger partial charge in [-0.15, -0.1) is 0 Å². The third-order valence-corrected chi connectivity index (χ3v) is 7.36. The van der Waals surface area contributed by atoms with Crippen LogP contribution in [0.15, 0.2) is 85.1 Å². The molecule has 3 amide bonds. The van der Waals surface area contributed by atoms with E-state index in [0.29, 0.717) is 6.54 Å². The number of fused-ring (bicyclic) bond motifs is 3. The zero-order chi connectivity index (χ0) is 27.5. The number of para-hydroxylation sites is 2. The lowest BCUT2D eigenvalue weighted by molar-refractivity contribution is -0.119. The molecule has 1 unspecified atom stereocenters. The molecule has 0 aliphatic carbocycles. The van der Waals surface area contributed by atoms with Crippen molar-refractivity contribution in [2.24, 2.45) is 0 Å². The summed E-state index contributed by atoms with van der Waals surface area (Å²) in [6, 6.07) is 25.8. The Morgan fingerprint density at radius 3 is 2.38 bits per heavy atom. The Bertz CT molecular complexity index is 1510. The summed E-state index contributed by atoms with van der Waals surface area (Å²) in [6.45, 7) is 8.65. The lowest BCUT2D eigenvalue weighted by Gasteiger charge is -2.39. The van der Waals surface area contributed by atoms with Crippen molar-refractivity contribution in [2.45, 2.75) is 46.6 Å². The fourth-order valence-corrected chi connectivity index (χ4v) is 5.41. The number of urea groups is 1. The van der Waals surface area contributed by atoms with E-state index in [1.54, 1.807) is 4.90 Å². The van der Waals surface area contributed by atoms with Crippen molar-refractivity contribution in [3.05, 3.63) is 113 Å². The molecule has 5 rings (SSSR count). The van der Waals surface area contributed by atoms with Gasteiger partial charge in [-0.25, -0.2) is 4.79 Å². The van der Waals surface area contributed by atoms with Crippen molar-refractivity contribution in [1.82, 2.24) is 9.47 Å². The van der Waals surface area contributed by atoms with Crippen LogP contribution in [-0.2, 0) is 4.79 Å². The van der Waals surface area contributed by atoms with Gasteiger partial charge in [0.25, 0.3) is 0 Å². The molecule has 1 N–H and O–H groups in total. The first-order valence-electron chi connectivity index (χ1n) is 13.7. The molecule has 1 aliphatic heterocycles. The Morgan fingerprint density at radius 1 is 0.872 bits per heavy atom. The molecule has 0 saturated carbocycles. The van der Waals surface area contributed by atoms with Crippen LogP contribution >= 0.6 is 0 Å². The normalized spacial score (nSPS) is 13.9. The summed E-state index contributed by atoms with van der Waals surface area (Å²) in [5.41, 5.74) is 7.88. The zero-order valence-electron chi connectivity index (χ0n) is 23.1. The third-order valence-electron chi connectivity index (χ3n) is 7.36. The van der Waals surface area contributed by atoms with Crippen LogP contribution in [0.1, 0.15) is 53.8 Å². The summed E-state index contributed by atoms with van der Waals surface area (Å²) in [7, 11) is 0. The lowest BCUT2D eigenvalue weighted by Crippen LogP contribution is -2.48. The van der Waals surface area contributed by atoms with E-state index in [1.807, 2.05) is 79.5 Å². The summed E-state index contributed by atoms with van der Waals surface area (Å²) < 4.78 is 2.16. The highest BCUT2D eigenvalue weighted by atomic mass is 16.2. The molecule has 0 bridgehead atoms. The minimum absolute atomic E-state index is 0.0197. The smallest absolute Gasteiger partial charge is 0.316 e. The Morgan fingerprint density at radius 2 is 1.64 bits per heavy atom. The Hall–Kier alpha value is -4.32. The number of nitrogens with one attached hydrogen (secondary N) is 1. The van der Waals surface area contributed by atoms with Crippen LogP contribution in [0.3, 0.4) is 0 Å². The molecule has 1 aromatic heterocycles. The van der Waals surface area contributed by atoms with E-state index >= 15 is 0 Å². The molecule has 6 nitrogen and oxygen atoms in total. The summed E-state index contributed by atoms with van der Waals surface area (Å²) in [5, 5.41) is 3.05. The standard InChI is InChI=1S/C33H36N4O2/c1-5-6-18-35(33(39)34-27-17-16-24(3)20-25(27)4)22-31(38)37-29-14-8-7-13-28(29)36-19-10-15-30(36)32(37)26-12-9-11-23(2)21-26/h7-17,19-21,32H,5-6,18,22H2,1-4H3,(H,34,39). The van der Waals surface area contributed by atoms with E-state index in [1.165, 1.54) is 0 Å². The van der Waals surface area contributed by atoms with Gasteiger partial charge in [0.2, 0.25) is 5.91 Å². The van der Waals surface area contributed by atoms with Crippen LogP contribution in [0.4, 0.5) is 16.2 Å². The molecule has 6 heteroatoms. The van der Waals surface area contributed by atoms with Crippen molar-refractivity contribution in [1.29, 1.82) is 0 Å². The molecule has 39 heavy (non-hydrogen) atoms. The van der Waals surface area contributed by atoms with E-state index in [-0.39, 0.29) is 24.5 Å². The largest absolute Gasteiger partial charge is 0.322 e. The number of hydrogen-bond donors (Lipinski definition) is 1. The van der Waals surface area contributed by atoms with E-state index in [0.717, 1.165) is 57.9 Å². The number of carbonyl (C=O) groups is 2. The third kappa shape index (κ3) is 5.32. The first kappa shape index (κ1) is 26.3. The Kier molecular flexibility index (Phi) is 7.55. The molecular formula is C33H36N4O2. The highest BCUT2D eigenvalue weighted by Crippen LogP contribution is 2.42. The van der Waals surface area contributed by atoms with Crippen molar-refractivity contribution >= 4 is 23.3 Å². The minimum atomic E-state index is -0.308. The summed E-state index contributed by atoms with van der Waals surface area (Å²) in [6.07, 6.45) is 3.78. The number of hydrogen-bond acceptors (Lipinski definition) is 2. The van der Waals surface area contributed by atoms with Crippen LogP contribution < -0.4 is 10.2 Å². The second-order valence-corrected chi connectivity index (χ2v) is 10.4. The van der Waals surface area contributed by atoms with Crippen LogP contribution in [0.25, 0.3) is 5.69 Å². The van der Waals surface area contributed by atoms with Crippen molar-refractivity contribution in [3.63, 3.8) is 0 Å². The van der Waals surface area contributed by atoms with Gasteiger partial charge in [0.1, 0.15) is 12.6 Å². The monoisotopic (exact) mass is 520 g/mol. The fraction of sp³-hybridized carbons (Fsp3) is 0.273. The van der Waals surface area contributed by atoms with Crippen LogP contribution in [0, 0.1) is 20.8 Å². The Labute approximate surface area is 230 Å². The molecule has 3 aromatic carbocycles. The van der Waals surface area contributed by atoms with Gasteiger partial charge in [0.05, 0.1) is 17.1 Å². The van der Waals surface area contributed by atoms with Gasteiger partial charge < -0.3 is 14.8 Å². The number of carbonyl (C=O) groups excluding carboxylic acids is 2. The summed E-state index contributed by atoms with van der Waals surface area (Å²) >= 11 is 0. The molecular weight excluding hydrogens is 484 g/mol. The molecule has 0 saturated heterocycles. The number of nitrogens with zero attached hydrogens (tertiary/aromatic N) is 3. The Balaban J connectivity index is 1.51. The van der Waals surface area contributed by atoms with Crippen LogP contribution in [0.2, 0.25) is 0 Å². The maximum absolute atomic E-state index is 14.3. The van der Waals surface area contributed by atoms with E-state index in [9.17, 15) is 9.59 Å². The number of anilines is 2. The second kappa shape index (κ2) is 11.2. The maximum atomic E-state index is 14.3. The van der Waals surface area contributed by atoms with Gasteiger partial charge in [-0.2, -0.15) is 0 Å².